The zero-order valence-corrected chi connectivity index (χ0v) is 10.8. The molecule has 3 heteroatoms. The number of hydrogen-bond donors (Lipinski definition) is 2. The van der Waals surface area contributed by atoms with E-state index in [1.54, 1.807) is 0 Å². The molecule has 0 atom stereocenters. The maximum Gasteiger partial charge on any atom is 0.142 e. The Bertz CT molecular complexity index is 326. The highest BCUT2D eigenvalue weighted by molar-refractivity contribution is 5.57. The summed E-state index contributed by atoms with van der Waals surface area (Å²) in [5.41, 5.74) is 2.27. The summed E-state index contributed by atoms with van der Waals surface area (Å²) in [7, 11) is 0. The first-order chi connectivity index (χ1) is 8.27. The van der Waals surface area contributed by atoms with Gasteiger partial charge in [0.05, 0.1) is 12.3 Å². The molecule has 0 aliphatic heterocycles. The fourth-order valence-electron chi connectivity index (χ4n) is 1.58. The zero-order valence-electron chi connectivity index (χ0n) is 10.8. The molecule has 1 rings (SSSR count). The Morgan fingerprint density at radius 2 is 2.12 bits per heavy atom. The van der Waals surface area contributed by atoms with Crippen molar-refractivity contribution in [2.24, 2.45) is 0 Å². The SMILES string of the molecule is CCCOc1ccc(C)cc1NCCCCO. The predicted octanol–water partition coefficient (Wildman–Crippen LogP) is 2.97. The smallest absolute Gasteiger partial charge is 0.142 e. The number of rotatable bonds is 8. The van der Waals surface area contributed by atoms with Gasteiger partial charge in [-0.25, -0.2) is 0 Å². The summed E-state index contributed by atoms with van der Waals surface area (Å²) >= 11 is 0. The molecule has 1 aromatic rings. The first kappa shape index (κ1) is 13.8. The van der Waals surface area contributed by atoms with E-state index in [-0.39, 0.29) is 6.61 Å². The Kier molecular flexibility index (Phi) is 6.48. The average Bonchev–Trinajstić information content (AvgIpc) is 2.33. The quantitative estimate of drug-likeness (QED) is 0.683. The Morgan fingerprint density at radius 1 is 1.29 bits per heavy atom. The van der Waals surface area contributed by atoms with Crippen LogP contribution in [0.25, 0.3) is 0 Å². The van der Waals surface area contributed by atoms with Gasteiger partial charge in [-0.2, -0.15) is 0 Å². The van der Waals surface area contributed by atoms with Gasteiger partial charge in [0, 0.05) is 13.2 Å². The van der Waals surface area contributed by atoms with E-state index >= 15 is 0 Å². The van der Waals surface area contributed by atoms with E-state index in [1.165, 1.54) is 5.56 Å². The van der Waals surface area contributed by atoms with Crippen molar-refractivity contribution in [1.29, 1.82) is 0 Å². The largest absolute Gasteiger partial charge is 0.491 e. The lowest BCUT2D eigenvalue weighted by Gasteiger charge is -2.13. The Hall–Kier alpha value is -1.22. The minimum Gasteiger partial charge on any atom is -0.491 e. The van der Waals surface area contributed by atoms with E-state index in [0.29, 0.717) is 0 Å². The average molecular weight is 237 g/mol. The molecule has 0 amide bonds. The number of unbranched alkanes of at least 4 members (excludes halogenated alkanes) is 1. The van der Waals surface area contributed by atoms with Crippen molar-refractivity contribution in [3.05, 3.63) is 23.8 Å². The lowest BCUT2D eigenvalue weighted by Crippen LogP contribution is -2.05. The molecule has 0 saturated carbocycles. The number of ether oxygens (including phenoxy) is 1. The van der Waals surface area contributed by atoms with Gasteiger partial charge in [-0.1, -0.05) is 13.0 Å². The third kappa shape index (κ3) is 5.09. The Morgan fingerprint density at radius 3 is 2.82 bits per heavy atom. The van der Waals surface area contributed by atoms with E-state index in [4.69, 9.17) is 9.84 Å². The van der Waals surface area contributed by atoms with E-state index < -0.39 is 0 Å². The van der Waals surface area contributed by atoms with Crippen LogP contribution in [-0.4, -0.2) is 24.9 Å². The molecule has 0 saturated heterocycles. The van der Waals surface area contributed by atoms with Crippen molar-refractivity contribution in [2.45, 2.75) is 33.1 Å². The zero-order chi connectivity index (χ0) is 12.5. The van der Waals surface area contributed by atoms with Crippen LogP contribution in [-0.2, 0) is 0 Å². The molecule has 17 heavy (non-hydrogen) atoms. The van der Waals surface area contributed by atoms with Gasteiger partial charge in [0.2, 0.25) is 0 Å². The van der Waals surface area contributed by atoms with Crippen LogP contribution in [0.1, 0.15) is 31.7 Å². The van der Waals surface area contributed by atoms with Crippen molar-refractivity contribution >= 4 is 5.69 Å². The normalized spacial score (nSPS) is 10.3. The van der Waals surface area contributed by atoms with Gasteiger partial charge in [0.1, 0.15) is 5.75 Å². The molecule has 0 fully saturated rings. The Labute approximate surface area is 104 Å². The Balaban J connectivity index is 2.56. The summed E-state index contributed by atoms with van der Waals surface area (Å²) in [5, 5.41) is 12.1. The number of aliphatic hydroxyl groups excluding tert-OH is 1. The van der Waals surface area contributed by atoms with Crippen molar-refractivity contribution < 1.29 is 9.84 Å². The maximum atomic E-state index is 8.73. The molecule has 1 aromatic carbocycles. The highest BCUT2D eigenvalue weighted by atomic mass is 16.5. The fraction of sp³-hybridized carbons (Fsp3) is 0.571. The first-order valence-corrected chi connectivity index (χ1v) is 6.36. The number of benzene rings is 1. The standard InChI is InChI=1S/C14H23NO2/c1-3-10-17-14-7-6-12(2)11-13(14)15-8-4-5-9-16/h6-7,11,15-16H,3-5,8-10H2,1-2H3. The second-order valence-electron chi connectivity index (χ2n) is 4.21. The van der Waals surface area contributed by atoms with E-state index in [2.05, 4.69) is 31.3 Å². The maximum absolute atomic E-state index is 8.73. The van der Waals surface area contributed by atoms with Crippen molar-refractivity contribution in [1.82, 2.24) is 0 Å². The van der Waals surface area contributed by atoms with Gasteiger partial charge in [-0.05, 0) is 43.9 Å². The number of anilines is 1. The van der Waals surface area contributed by atoms with Crippen LogP contribution in [0.5, 0.6) is 5.75 Å². The van der Waals surface area contributed by atoms with Crippen LogP contribution in [0.2, 0.25) is 0 Å². The molecule has 0 heterocycles. The summed E-state index contributed by atoms with van der Waals surface area (Å²) in [6.45, 7) is 6.04. The topological polar surface area (TPSA) is 41.5 Å². The molecule has 0 radical (unpaired) electrons. The van der Waals surface area contributed by atoms with Crippen LogP contribution in [0.15, 0.2) is 18.2 Å². The number of nitrogens with one attached hydrogen (secondary N) is 1. The van der Waals surface area contributed by atoms with Gasteiger partial charge in [-0.3, -0.25) is 0 Å². The monoisotopic (exact) mass is 237 g/mol. The van der Waals surface area contributed by atoms with Crippen LogP contribution < -0.4 is 10.1 Å². The molecule has 96 valence electrons. The number of aryl methyl sites for hydroxylation is 1. The van der Waals surface area contributed by atoms with Crippen molar-refractivity contribution in [2.75, 3.05) is 25.1 Å². The van der Waals surface area contributed by atoms with Crippen molar-refractivity contribution in [3.8, 4) is 5.75 Å². The van der Waals surface area contributed by atoms with Crippen molar-refractivity contribution in [3.63, 3.8) is 0 Å². The van der Waals surface area contributed by atoms with Gasteiger partial charge in [0.15, 0.2) is 0 Å². The highest BCUT2D eigenvalue weighted by Crippen LogP contribution is 2.25. The summed E-state index contributed by atoms with van der Waals surface area (Å²) in [5.74, 6) is 0.918. The molecule has 0 bridgehead atoms. The molecule has 0 aromatic heterocycles. The minimum absolute atomic E-state index is 0.259. The third-order valence-electron chi connectivity index (χ3n) is 2.50. The van der Waals surface area contributed by atoms with Gasteiger partial charge in [-0.15, -0.1) is 0 Å². The van der Waals surface area contributed by atoms with Gasteiger partial charge >= 0.3 is 0 Å². The third-order valence-corrected chi connectivity index (χ3v) is 2.50. The molecule has 2 N–H and O–H groups in total. The van der Waals surface area contributed by atoms with Crippen LogP contribution >= 0.6 is 0 Å². The lowest BCUT2D eigenvalue weighted by molar-refractivity contribution is 0.286. The van der Waals surface area contributed by atoms with Gasteiger partial charge in [0.25, 0.3) is 0 Å². The molecule has 3 nitrogen and oxygen atoms in total. The number of aliphatic hydroxyl groups is 1. The molecule has 0 aliphatic carbocycles. The minimum atomic E-state index is 0.259. The van der Waals surface area contributed by atoms with E-state index in [9.17, 15) is 0 Å². The van der Waals surface area contributed by atoms with E-state index in [1.807, 2.05) is 6.07 Å². The molecule has 0 unspecified atom stereocenters. The molecular weight excluding hydrogens is 214 g/mol. The predicted molar refractivity (Wildman–Crippen MR) is 71.8 cm³/mol. The second kappa shape index (κ2) is 7.96. The van der Waals surface area contributed by atoms with Gasteiger partial charge < -0.3 is 15.2 Å². The van der Waals surface area contributed by atoms with Crippen LogP contribution in [0.3, 0.4) is 0 Å². The lowest BCUT2D eigenvalue weighted by atomic mass is 10.2. The molecule has 0 aliphatic rings. The molecular formula is C14H23NO2. The number of hydrogen-bond acceptors (Lipinski definition) is 3. The van der Waals surface area contributed by atoms with E-state index in [0.717, 1.165) is 43.9 Å². The van der Waals surface area contributed by atoms with Crippen LogP contribution in [0.4, 0.5) is 5.69 Å². The summed E-state index contributed by atoms with van der Waals surface area (Å²) < 4.78 is 5.69. The summed E-state index contributed by atoms with van der Waals surface area (Å²) in [4.78, 5) is 0. The van der Waals surface area contributed by atoms with Crippen LogP contribution in [0, 0.1) is 6.92 Å². The highest BCUT2D eigenvalue weighted by Gasteiger charge is 2.03. The summed E-state index contributed by atoms with van der Waals surface area (Å²) in [6.07, 6.45) is 2.82. The summed E-state index contributed by atoms with van der Waals surface area (Å²) in [6, 6.07) is 6.17. The fourth-order valence-corrected chi connectivity index (χ4v) is 1.58. The second-order valence-corrected chi connectivity index (χ2v) is 4.21. The molecule has 0 spiro atoms. The first-order valence-electron chi connectivity index (χ1n) is 6.36.